The molecule has 4 rings (SSSR count). The highest BCUT2D eigenvalue weighted by Crippen LogP contribution is 2.38. The zero-order chi connectivity index (χ0) is 50.1. The normalized spacial score (nSPS) is 44.3. The van der Waals surface area contributed by atoms with Crippen molar-refractivity contribution in [1.82, 2.24) is 4.90 Å². The first kappa shape index (κ1) is 56.8. The van der Waals surface area contributed by atoms with Gasteiger partial charge < -0.3 is 77.5 Å². The molecule has 21 atom stereocenters. The number of hydrogen-bond donors (Lipinski definition) is 4. The van der Waals surface area contributed by atoms with Crippen LogP contribution in [0, 0.1) is 23.7 Å². The molecule has 19 heteroatoms. The summed E-state index contributed by atoms with van der Waals surface area (Å²) in [7, 11) is 6.41. The molecular formula is C48H79NO18. The first-order valence-corrected chi connectivity index (χ1v) is 23.6. The average Bonchev–Trinajstić information content (AvgIpc) is 3.25. The number of methoxy groups -OCH3 is 2. The first-order valence-electron chi connectivity index (χ1n) is 23.6. The van der Waals surface area contributed by atoms with Gasteiger partial charge in [0.25, 0.3) is 0 Å². The average molecular weight is 958 g/mol. The van der Waals surface area contributed by atoms with Crippen molar-refractivity contribution < 1.29 is 87.0 Å². The largest absolute Gasteiger partial charge is 0.462 e. The van der Waals surface area contributed by atoms with Gasteiger partial charge in [0, 0.05) is 51.7 Å². The Labute approximate surface area is 395 Å². The van der Waals surface area contributed by atoms with E-state index in [2.05, 4.69) is 0 Å². The highest BCUT2D eigenvalue weighted by Gasteiger charge is 2.52. The number of aliphatic hydroxyl groups is 4. The van der Waals surface area contributed by atoms with E-state index >= 15 is 0 Å². The Morgan fingerprint density at radius 2 is 1.55 bits per heavy atom. The summed E-state index contributed by atoms with van der Waals surface area (Å²) < 4.78 is 60.9. The molecule has 0 spiro atoms. The molecule has 19 nitrogen and oxygen atoms in total. The maximum Gasteiger partial charge on any atom is 0.309 e. The van der Waals surface area contributed by atoms with Crippen molar-refractivity contribution in [3.8, 4) is 0 Å². The van der Waals surface area contributed by atoms with Crippen LogP contribution in [0.1, 0.15) is 94.4 Å². The fourth-order valence-corrected chi connectivity index (χ4v) is 9.86. The Bertz CT molecular complexity index is 1670. The van der Waals surface area contributed by atoms with Crippen LogP contribution in [0.5, 0.6) is 0 Å². The number of aliphatic hydroxyl groups excluding tert-OH is 3. The monoisotopic (exact) mass is 958 g/mol. The van der Waals surface area contributed by atoms with Crippen molar-refractivity contribution in [2.75, 3.05) is 34.9 Å². The third kappa shape index (κ3) is 14.6. The van der Waals surface area contributed by atoms with Gasteiger partial charge >= 0.3 is 11.9 Å². The summed E-state index contributed by atoms with van der Waals surface area (Å²) >= 11 is 0. The molecule has 0 aliphatic carbocycles. The van der Waals surface area contributed by atoms with E-state index in [0.717, 1.165) is 0 Å². The van der Waals surface area contributed by atoms with Crippen LogP contribution in [-0.4, -0.2) is 188 Å². The molecule has 0 aromatic rings. The number of aldehydes is 1. The lowest BCUT2D eigenvalue weighted by molar-refractivity contribution is -0.342. The van der Waals surface area contributed by atoms with E-state index in [1.54, 1.807) is 66.6 Å². The van der Waals surface area contributed by atoms with E-state index in [4.69, 9.17) is 47.4 Å². The molecule has 384 valence electrons. The van der Waals surface area contributed by atoms with Crippen LogP contribution in [0.25, 0.3) is 0 Å². The van der Waals surface area contributed by atoms with Gasteiger partial charge in [-0.2, -0.15) is 0 Å². The van der Waals surface area contributed by atoms with Gasteiger partial charge in [0.15, 0.2) is 24.7 Å². The van der Waals surface area contributed by atoms with Crippen LogP contribution in [0.4, 0.5) is 0 Å². The third-order valence-electron chi connectivity index (χ3n) is 13.7. The Morgan fingerprint density at radius 3 is 2.13 bits per heavy atom. The van der Waals surface area contributed by atoms with Gasteiger partial charge in [0.2, 0.25) is 0 Å². The lowest BCUT2D eigenvalue weighted by Crippen LogP contribution is -2.65. The zero-order valence-electron chi connectivity index (χ0n) is 41.6. The standard InChI is InChI=1S/C48H79NO18/c1-14-34-32(23-60-47-44(59-13)43(58-12)39(54)27(5)62-47)19-24(2)15-16-33(52)25(3)20-31(17-18-50)41(26(4)35(64-30(8)51)21-36(53)65-34)67-46-40(55)38(49(10)11)42(28(6)63-46)66-37-22-48(9,57)45(56)29(7)61-37/h15-16,18-19,25-29,31-32,34-35,37-47,54-57H,14,17,20-23H2,1-13H3/b16-15-,24-19-. The Hall–Kier alpha value is -2.76. The molecule has 4 aliphatic rings. The zero-order valence-corrected chi connectivity index (χ0v) is 41.6. The first-order chi connectivity index (χ1) is 31.5. The van der Waals surface area contributed by atoms with Crippen molar-refractivity contribution >= 4 is 24.0 Å². The van der Waals surface area contributed by atoms with Gasteiger partial charge in [-0.25, -0.2) is 0 Å². The molecule has 0 aromatic heterocycles. The fraction of sp³-hybridized carbons (Fsp3) is 0.833. The number of carbonyl (C=O) groups is 4. The summed E-state index contributed by atoms with van der Waals surface area (Å²) in [5.41, 5.74) is -0.838. The number of nitrogens with zero attached hydrogens (tertiary/aromatic N) is 1. The molecule has 67 heavy (non-hydrogen) atoms. The molecule has 4 aliphatic heterocycles. The molecule has 4 N–H and O–H groups in total. The quantitative estimate of drug-likeness (QED) is 0.144. The van der Waals surface area contributed by atoms with Gasteiger partial charge in [-0.1, -0.05) is 38.5 Å². The van der Waals surface area contributed by atoms with Gasteiger partial charge in [-0.15, -0.1) is 0 Å². The van der Waals surface area contributed by atoms with Crippen LogP contribution in [0.15, 0.2) is 23.8 Å². The summed E-state index contributed by atoms with van der Waals surface area (Å²) in [6, 6.07) is -0.777. The number of rotatable bonds is 14. The molecule has 0 aromatic carbocycles. The number of hydrogen-bond acceptors (Lipinski definition) is 19. The molecule has 4 heterocycles. The fourth-order valence-electron chi connectivity index (χ4n) is 9.86. The highest BCUT2D eigenvalue weighted by molar-refractivity contribution is 5.91. The maximum atomic E-state index is 14.1. The Balaban J connectivity index is 1.69. The number of carbonyl (C=O) groups excluding carboxylic acids is 4. The number of cyclic esters (lactones) is 1. The van der Waals surface area contributed by atoms with Crippen LogP contribution in [0.3, 0.4) is 0 Å². The van der Waals surface area contributed by atoms with Crippen LogP contribution in [0.2, 0.25) is 0 Å². The maximum absolute atomic E-state index is 14.1. The van der Waals surface area contributed by atoms with E-state index in [9.17, 15) is 39.6 Å². The summed E-state index contributed by atoms with van der Waals surface area (Å²) in [6.45, 7) is 14.8. The highest BCUT2D eigenvalue weighted by atomic mass is 16.7. The molecule has 3 saturated heterocycles. The minimum atomic E-state index is -1.51. The molecular weight excluding hydrogens is 879 g/mol. The molecule has 0 saturated carbocycles. The minimum absolute atomic E-state index is 0.0309. The molecule has 3 fully saturated rings. The van der Waals surface area contributed by atoms with E-state index in [1.165, 1.54) is 34.1 Å². The van der Waals surface area contributed by atoms with Crippen molar-refractivity contribution in [2.45, 2.75) is 198 Å². The van der Waals surface area contributed by atoms with E-state index < -0.39 is 146 Å². The SMILES string of the molecule is CCC1OC(=O)CC(OC(C)=O)C(C)C(OC2OC(C)C(OC3CC(C)(O)C(O)C(C)O3)C(N(C)C)C2O)C(CC=O)CC(C)C(=O)/C=C\C(C)=C/C1COC1OC(C)C(O)C(OC)C1OC. The van der Waals surface area contributed by atoms with Crippen molar-refractivity contribution in [3.63, 3.8) is 0 Å². The summed E-state index contributed by atoms with van der Waals surface area (Å²) in [6.07, 6.45) is -8.72. The second-order valence-corrected chi connectivity index (χ2v) is 19.3. The third-order valence-corrected chi connectivity index (χ3v) is 13.7. The lowest BCUT2D eigenvalue weighted by atomic mass is 9.79. The minimum Gasteiger partial charge on any atom is -0.462 e. The summed E-state index contributed by atoms with van der Waals surface area (Å²) in [5, 5.41) is 44.2. The van der Waals surface area contributed by atoms with Crippen LogP contribution < -0.4 is 0 Å². The molecule has 0 radical (unpaired) electrons. The van der Waals surface area contributed by atoms with E-state index in [-0.39, 0.29) is 31.7 Å². The molecule has 21 unspecified atom stereocenters. The Morgan fingerprint density at radius 1 is 0.896 bits per heavy atom. The topological polar surface area (TPSA) is 245 Å². The van der Waals surface area contributed by atoms with Gasteiger partial charge in [0.1, 0.15) is 55.1 Å². The van der Waals surface area contributed by atoms with Gasteiger partial charge in [0.05, 0.1) is 49.1 Å². The second kappa shape index (κ2) is 25.4. The number of esters is 2. The summed E-state index contributed by atoms with van der Waals surface area (Å²) in [5.74, 6) is -4.40. The second-order valence-electron chi connectivity index (χ2n) is 19.3. The lowest BCUT2D eigenvalue weighted by Gasteiger charge is -2.50. The van der Waals surface area contributed by atoms with E-state index in [1.807, 2.05) is 13.0 Å². The van der Waals surface area contributed by atoms with Gasteiger partial charge in [-0.05, 0) is 73.5 Å². The smallest absolute Gasteiger partial charge is 0.309 e. The van der Waals surface area contributed by atoms with Crippen molar-refractivity contribution in [2.24, 2.45) is 23.7 Å². The van der Waals surface area contributed by atoms with Crippen LogP contribution in [-0.2, 0) is 66.5 Å². The predicted octanol–water partition coefficient (Wildman–Crippen LogP) is 2.40. The number of allylic oxidation sites excluding steroid dienone is 3. The number of ether oxygens (including phenoxy) is 10. The molecule has 0 bridgehead atoms. The molecule has 0 amide bonds. The van der Waals surface area contributed by atoms with Gasteiger partial charge in [-0.3, -0.25) is 14.4 Å². The Kier molecular flexibility index (Phi) is 21.5. The van der Waals surface area contributed by atoms with Crippen molar-refractivity contribution in [3.05, 3.63) is 23.8 Å². The van der Waals surface area contributed by atoms with E-state index in [0.29, 0.717) is 18.3 Å². The predicted molar refractivity (Wildman–Crippen MR) is 240 cm³/mol. The number of likely N-dealkylation sites (N-methyl/N-ethyl adjacent to an activating group) is 1. The summed E-state index contributed by atoms with van der Waals surface area (Å²) in [4.78, 5) is 54.9. The van der Waals surface area contributed by atoms with Crippen LogP contribution >= 0.6 is 0 Å². The number of ketones is 1. The van der Waals surface area contributed by atoms with Crippen molar-refractivity contribution in [1.29, 1.82) is 0 Å².